The van der Waals surface area contributed by atoms with Crippen LogP contribution in [-0.2, 0) is 4.74 Å². The SMILES string of the molecule is CCOC(=O)c1cnn(-c2cccc(C#N)c2)c1C#N. The summed E-state index contributed by atoms with van der Waals surface area (Å²) in [6, 6.07) is 10.6. The monoisotopic (exact) mass is 266 g/mol. The number of nitrogens with zero attached hydrogens (tertiary/aromatic N) is 4. The van der Waals surface area contributed by atoms with Gasteiger partial charge in [-0.05, 0) is 25.1 Å². The molecule has 0 aliphatic carbocycles. The van der Waals surface area contributed by atoms with Crippen molar-refractivity contribution in [3.8, 4) is 17.8 Å². The summed E-state index contributed by atoms with van der Waals surface area (Å²) in [4.78, 5) is 11.7. The van der Waals surface area contributed by atoms with Gasteiger partial charge in [0.2, 0.25) is 0 Å². The maximum Gasteiger partial charge on any atom is 0.342 e. The predicted octanol–water partition coefficient (Wildman–Crippen LogP) is 1.79. The molecule has 0 N–H and O–H groups in total. The molecule has 1 aromatic heterocycles. The molecule has 2 aromatic rings. The molecule has 2 rings (SSSR count). The molecule has 0 radical (unpaired) electrons. The zero-order valence-corrected chi connectivity index (χ0v) is 10.7. The van der Waals surface area contributed by atoms with Crippen molar-refractivity contribution in [2.24, 2.45) is 0 Å². The molecule has 20 heavy (non-hydrogen) atoms. The quantitative estimate of drug-likeness (QED) is 0.790. The van der Waals surface area contributed by atoms with Crippen LogP contribution in [0, 0.1) is 22.7 Å². The zero-order chi connectivity index (χ0) is 14.5. The lowest BCUT2D eigenvalue weighted by Gasteiger charge is -2.04. The fourth-order valence-corrected chi connectivity index (χ4v) is 1.72. The van der Waals surface area contributed by atoms with Gasteiger partial charge in [-0.15, -0.1) is 0 Å². The molecule has 0 fully saturated rings. The van der Waals surface area contributed by atoms with E-state index in [-0.39, 0.29) is 17.9 Å². The molecule has 0 aliphatic rings. The molecule has 6 nitrogen and oxygen atoms in total. The van der Waals surface area contributed by atoms with Crippen LogP contribution in [0.3, 0.4) is 0 Å². The van der Waals surface area contributed by atoms with Gasteiger partial charge in [-0.2, -0.15) is 15.6 Å². The average Bonchev–Trinajstić information content (AvgIpc) is 2.91. The van der Waals surface area contributed by atoms with E-state index in [1.165, 1.54) is 10.9 Å². The number of esters is 1. The first kappa shape index (κ1) is 13.3. The molecule has 98 valence electrons. The average molecular weight is 266 g/mol. The number of aromatic nitrogens is 2. The molecule has 6 heteroatoms. The molecule has 0 amide bonds. The Labute approximate surface area is 115 Å². The number of carbonyl (C=O) groups is 1. The third kappa shape index (κ3) is 2.36. The highest BCUT2D eigenvalue weighted by atomic mass is 16.5. The first-order valence-corrected chi connectivity index (χ1v) is 5.87. The van der Waals surface area contributed by atoms with Crippen molar-refractivity contribution in [2.45, 2.75) is 6.92 Å². The molecule has 1 heterocycles. The van der Waals surface area contributed by atoms with Gasteiger partial charge in [-0.25, -0.2) is 9.48 Å². The summed E-state index contributed by atoms with van der Waals surface area (Å²) in [6.45, 7) is 1.91. The lowest BCUT2D eigenvalue weighted by molar-refractivity contribution is 0.0526. The minimum Gasteiger partial charge on any atom is -0.462 e. The normalized spacial score (nSPS) is 9.55. The van der Waals surface area contributed by atoms with Gasteiger partial charge in [0.1, 0.15) is 11.6 Å². The number of ether oxygens (including phenoxy) is 1. The summed E-state index contributed by atoms with van der Waals surface area (Å²) in [5, 5.41) is 22.1. The van der Waals surface area contributed by atoms with Crippen LogP contribution >= 0.6 is 0 Å². The van der Waals surface area contributed by atoms with Crippen molar-refractivity contribution < 1.29 is 9.53 Å². The van der Waals surface area contributed by atoms with Gasteiger partial charge in [-0.1, -0.05) is 6.07 Å². The van der Waals surface area contributed by atoms with Crippen LogP contribution in [0.15, 0.2) is 30.5 Å². The highest BCUT2D eigenvalue weighted by Crippen LogP contribution is 2.16. The van der Waals surface area contributed by atoms with Gasteiger partial charge in [0.15, 0.2) is 5.69 Å². The summed E-state index contributed by atoms with van der Waals surface area (Å²) in [6.07, 6.45) is 1.29. The molecule has 0 saturated carbocycles. The maximum atomic E-state index is 11.7. The minimum atomic E-state index is -0.591. The maximum absolute atomic E-state index is 11.7. The van der Waals surface area contributed by atoms with E-state index in [0.717, 1.165) is 0 Å². The highest BCUT2D eigenvalue weighted by molar-refractivity contribution is 5.91. The van der Waals surface area contributed by atoms with Crippen molar-refractivity contribution in [1.82, 2.24) is 9.78 Å². The van der Waals surface area contributed by atoms with Gasteiger partial charge in [-0.3, -0.25) is 0 Å². The molecule has 0 saturated heterocycles. The minimum absolute atomic E-state index is 0.0820. The van der Waals surface area contributed by atoms with Crippen molar-refractivity contribution >= 4 is 5.97 Å². The van der Waals surface area contributed by atoms with Crippen molar-refractivity contribution in [3.05, 3.63) is 47.3 Å². The van der Waals surface area contributed by atoms with Crippen LogP contribution in [0.5, 0.6) is 0 Å². The predicted molar refractivity (Wildman–Crippen MR) is 69.0 cm³/mol. The second-order valence-electron chi connectivity index (χ2n) is 3.81. The van der Waals surface area contributed by atoms with E-state index >= 15 is 0 Å². The fourth-order valence-electron chi connectivity index (χ4n) is 1.72. The van der Waals surface area contributed by atoms with E-state index in [1.807, 2.05) is 12.1 Å². The second kappa shape index (κ2) is 5.68. The Morgan fingerprint density at radius 1 is 1.40 bits per heavy atom. The number of nitriles is 2. The van der Waals surface area contributed by atoms with Gasteiger partial charge in [0, 0.05) is 0 Å². The van der Waals surface area contributed by atoms with Crippen LogP contribution in [0.4, 0.5) is 0 Å². The van der Waals surface area contributed by atoms with Crippen molar-refractivity contribution in [1.29, 1.82) is 10.5 Å². The van der Waals surface area contributed by atoms with E-state index in [1.54, 1.807) is 31.2 Å². The molecular weight excluding hydrogens is 256 g/mol. The van der Waals surface area contributed by atoms with E-state index < -0.39 is 5.97 Å². The molecule has 0 bridgehead atoms. The summed E-state index contributed by atoms with van der Waals surface area (Å²) in [5.74, 6) is -0.591. The largest absolute Gasteiger partial charge is 0.462 e. The molecule has 0 spiro atoms. The summed E-state index contributed by atoms with van der Waals surface area (Å²) in [7, 11) is 0. The molecule has 0 aliphatic heterocycles. The topological polar surface area (TPSA) is 91.7 Å². The lowest BCUT2D eigenvalue weighted by atomic mass is 10.2. The van der Waals surface area contributed by atoms with Crippen LogP contribution in [0.2, 0.25) is 0 Å². The van der Waals surface area contributed by atoms with Crippen molar-refractivity contribution in [3.63, 3.8) is 0 Å². The van der Waals surface area contributed by atoms with Crippen LogP contribution < -0.4 is 0 Å². The molecule has 0 atom stereocenters. The number of hydrogen-bond donors (Lipinski definition) is 0. The standard InChI is InChI=1S/C14H10N4O2/c1-2-20-14(19)12-9-17-18(13(12)8-16)11-5-3-4-10(6-11)7-15/h3-6,9H,2H2,1H3. The van der Waals surface area contributed by atoms with Gasteiger partial charge >= 0.3 is 5.97 Å². The zero-order valence-electron chi connectivity index (χ0n) is 10.7. The first-order chi connectivity index (χ1) is 9.71. The Morgan fingerprint density at radius 3 is 2.85 bits per heavy atom. The Kier molecular flexibility index (Phi) is 3.78. The summed E-state index contributed by atoms with van der Waals surface area (Å²) < 4.78 is 6.18. The Morgan fingerprint density at radius 2 is 2.20 bits per heavy atom. The van der Waals surface area contributed by atoms with E-state index in [2.05, 4.69) is 5.10 Å². The van der Waals surface area contributed by atoms with Gasteiger partial charge < -0.3 is 4.74 Å². The first-order valence-electron chi connectivity index (χ1n) is 5.87. The van der Waals surface area contributed by atoms with Crippen molar-refractivity contribution in [2.75, 3.05) is 6.61 Å². The number of rotatable bonds is 3. The van der Waals surface area contributed by atoms with E-state index in [4.69, 9.17) is 10.00 Å². The lowest BCUT2D eigenvalue weighted by Crippen LogP contribution is -2.07. The molecular formula is C14H10N4O2. The Hall–Kier alpha value is -3.12. The molecule has 0 unspecified atom stereocenters. The Balaban J connectivity index is 2.51. The fraction of sp³-hybridized carbons (Fsp3) is 0.143. The number of carbonyl (C=O) groups excluding carboxylic acids is 1. The van der Waals surface area contributed by atoms with Gasteiger partial charge in [0.05, 0.1) is 30.1 Å². The number of benzene rings is 1. The van der Waals surface area contributed by atoms with Crippen LogP contribution in [-0.4, -0.2) is 22.4 Å². The second-order valence-corrected chi connectivity index (χ2v) is 3.81. The number of hydrogen-bond acceptors (Lipinski definition) is 5. The Bertz CT molecular complexity index is 734. The van der Waals surface area contributed by atoms with Crippen LogP contribution in [0.1, 0.15) is 28.5 Å². The smallest absolute Gasteiger partial charge is 0.342 e. The van der Waals surface area contributed by atoms with Crippen LogP contribution in [0.25, 0.3) is 5.69 Å². The molecule has 1 aromatic carbocycles. The van der Waals surface area contributed by atoms with E-state index in [0.29, 0.717) is 11.3 Å². The third-order valence-corrected chi connectivity index (χ3v) is 2.59. The van der Waals surface area contributed by atoms with E-state index in [9.17, 15) is 10.1 Å². The summed E-state index contributed by atoms with van der Waals surface area (Å²) in [5.41, 5.74) is 1.17. The summed E-state index contributed by atoms with van der Waals surface area (Å²) >= 11 is 0. The van der Waals surface area contributed by atoms with Gasteiger partial charge in [0.25, 0.3) is 0 Å². The third-order valence-electron chi connectivity index (χ3n) is 2.59. The highest BCUT2D eigenvalue weighted by Gasteiger charge is 2.19.